The Balaban J connectivity index is 0.00000384. The fourth-order valence-corrected chi connectivity index (χ4v) is 9.99. The van der Waals surface area contributed by atoms with Crippen LogP contribution in [0.2, 0.25) is 0 Å². The smallest absolute Gasteiger partial charge is 0.357 e. The van der Waals surface area contributed by atoms with Gasteiger partial charge in [-0.1, -0.05) is 127 Å². The summed E-state index contributed by atoms with van der Waals surface area (Å²) in [6.45, 7) is 4.68. The minimum Gasteiger partial charge on any atom is -0.357 e. The summed E-state index contributed by atoms with van der Waals surface area (Å²) in [7, 11) is 0. The average molecular weight is 919 g/mol. The molecule has 0 radical (unpaired) electrons. The number of nitrogens with zero attached hydrogens (tertiary/aromatic N) is 5. The fourth-order valence-electron chi connectivity index (χ4n) is 8.49. The van der Waals surface area contributed by atoms with Crippen molar-refractivity contribution in [3.05, 3.63) is 187 Å². The molecule has 0 saturated carbocycles. The van der Waals surface area contributed by atoms with Crippen LogP contribution in [0.1, 0.15) is 25.0 Å². The van der Waals surface area contributed by atoms with Gasteiger partial charge in [-0.3, -0.25) is 0 Å². The summed E-state index contributed by atoms with van der Waals surface area (Å²) >= 11 is 1.84. The van der Waals surface area contributed by atoms with Crippen molar-refractivity contribution in [1.82, 2.24) is 19.1 Å². The number of aromatic nitrogens is 4. The molecule has 5 nitrogen and oxygen atoms in total. The van der Waals surface area contributed by atoms with Crippen LogP contribution >= 0.6 is 11.8 Å². The van der Waals surface area contributed by atoms with E-state index in [0.29, 0.717) is 0 Å². The molecule has 0 bridgehead atoms. The van der Waals surface area contributed by atoms with Crippen LogP contribution in [0.3, 0.4) is 0 Å². The Hall–Kier alpha value is -5.94. The van der Waals surface area contributed by atoms with Gasteiger partial charge in [0, 0.05) is 38.6 Å². The van der Waals surface area contributed by atoms with Gasteiger partial charge in [-0.25, -0.2) is 9.97 Å². The van der Waals surface area contributed by atoms with E-state index < -0.39 is 0 Å². The second-order valence-corrected chi connectivity index (χ2v) is 15.6. The summed E-state index contributed by atoms with van der Waals surface area (Å²) in [4.78, 5) is 14.5. The summed E-state index contributed by atoms with van der Waals surface area (Å²) in [5, 5.41) is 4.58. The maximum Gasteiger partial charge on any atom is 2.00 e. The first-order valence-corrected chi connectivity index (χ1v) is 19.3. The zero-order chi connectivity index (χ0) is 36.7. The van der Waals surface area contributed by atoms with Crippen LogP contribution in [0.4, 0.5) is 17.1 Å². The third-order valence-electron chi connectivity index (χ3n) is 11.1. The number of rotatable bonds is 5. The van der Waals surface area contributed by atoms with E-state index in [1.807, 2.05) is 48.4 Å². The number of anilines is 3. The minimum atomic E-state index is -0.197. The Morgan fingerprint density at radius 1 is 0.518 bits per heavy atom. The van der Waals surface area contributed by atoms with E-state index >= 15 is 0 Å². The van der Waals surface area contributed by atoms with Crippen molar-refractivity contribution in [2.24, 2.45) is 0 Å². The van der Waals surface area contributed by atoms with E-state index in [9.17, 15) is 0 Å². The van der Waals surface area contributed by atoms with Crippen LogP contribution in [0.15, 0.2) is 174 Å². The van der Waals surface area contributed by atoms with Gasteiger partial charge in [-0.2, -0.15) is 12.1 Å². The van der Waals surface area contributed by atoms with Crippen LogP contribution < -0.4 is 4.90 Å². The van der Waals surface area contributed by atoms with Gasteiger partial charge in [-0.15, -0.1) is 35.0 Å². The zero-order valence-corrected chi connectivity index (χ0v) is 33.6. The number of hydrogen-bond acceptors (Lipinski definition) is 4. The Morgan fingerprint density at radius 3 is 1.61 bits per heavy atom. The molecule has 1 aliphatic rings. The summed E-state index contributed by atoms with van der Waals surface area (Å²) < 4.78 is 4.46. The maximum atomic E-state index is 4.81. The first-order valence-electron chi connectivity index (χ1n) is 18.5. The summed E-state index contributed by atoms with van der Waals surface area (Å²) in [5.41, 5.74) is 9.47. The SMILES string of the molecule is CC1(C)c2ccccc2Sc2c(N(c3[c-]c4c(cc3)c3ccccc3n4-c3ccccn3)c3[c-]c4c(cc3)c3ccccc3n4-c3ccccn3)cccc21.[Pt+2]. The van der Waals surface area contributed by atoms with E-state index in [0.717, 1.165) is 72.3 Å². The monoisotopic (exact) mass is 918 g/mol. The van der Waals surface area contributed by atoms with Gasteiger partial charge in [0.1, 0.15) is 11.6 Å². The summed E-state index contributed by atoms with van der Waals surface area (Å²) in [6, 6.07) is 61.5. The van der Waals surface area contributed by atoms with Crippen LogP contribution in [0, 0.1) is 12.1 Å². The number of para-hydroxylation sites is 2. The Morgan fingerprint density at radius 2 is 1.04 bits per heavy atom. The van der Waals surface area contributed by atoms with E-state index in [1.54, 1.807) is 0 Å². The molecule has 0 amide bonds. The minimum absolute atomic E-state index is 0. The standard InChI is InChI=1S/C49H33N5S.Pt/c1-49(2)38-16-5-8-21-45(38)55-48-39(49)17-13-20-42(48)52(32-24-26-36-34-14-3-6-18-40(34)53(43(36)30-32)46-22-9-11-28-50-46)33-25-27-37-35-15-4-7-19-41(35)54(44(37)31-33)47-23-10-12-29-51-47;/h3-29H,1-2H3;/q-2;+2. The fraction of sp³-hybridized carbons (Fsp3) is 0.0612. The first-order chi connectivity index (χ1) is 27.1. The molecule has 4 aromatic heterocycles. The van der Waals surface area contributed by atoms with E-state index in [1.165, 1.54) is 20.9 Å². The molecule has 1 aliphatic heterocycles. The topological polar surface area (TPSA) is 38.9 Å². The van der Waals surface area contributed by atoms with Gasteiger partial charge < -0.3 is 14.0 Å². The first kappa shape index (κ1) is 34.5. The third-order valence-corrected chi connectivity index (χ3v) is 12.3. The Kier molecular flexibility index (Phi) is 8.25. The molecule has 0 aliphatic carbocycles. The molecule has 270 valence electrons. The zero-order valence-electron chi connectivity index (χ0n) is 30.5. The maximum absolute atomic E-state index is 4.81. The van der Waals surface area contributed by atoms with Crippen molar-refractivity contribution < 1.29 is 21.1 Å². The Bertz CT molecular complexity index is 2960. The molecular weight excluding hydrogens is 886 g/mol. The molecule has 5 heterocycles. The van der Waals surface area contributed by atoms with Crippen molar-refractivity contribution in [1.29, 1.82) is 0 Å². The van der Waals surface area contributed by atoms with Gasteiger partial charge in [0.05, 0.1) is 5.69 Å². The van der Waals surface area contributed by atoms with E-state index in [-0.39, 0.29) is 26.5 Å². The molecule has 0 fully saturated rings. The van der Waals surface area contributed by atoms with Gasteiger partial charge in [0.25, 0.3) is 0 Å². The van der Waals surface area contributed by atoms with Crippen molar-refractivity contribution >= 4 is 72.4 Å². The normalized spacial score (nSPS) is 13.1. The Labute approximate surface area is 343 Å². The second kappa shape index (κ2) is 13.4. The molecule has 10 aromatic rings. The van der Waals surface area contributed by atoms with Crippen LogP contribution in [-0.4, -0.2) is 19.1 Å². The van der Waals surface area contributed by atoms with E-state index in [2.05, 4.69) is 167 Å². The average Bonchev–Trinajstić information content (AvgIpc) is 3.74. The van der Waals surface area contributed by atoms with Crippen LogP contribution in [0.25, 0.3) is 55.2 Å². The van der Waals surface area contributed by atoms with Crippen molar-refractivity contribution in [2.75, 3.05) is 4.90 Å². The van der Waals surface area contributed by atoms with Gasteiger partial charge >= 0.3 is 21.1 Å². The third kappa shape index (κ3) is 5.20. The van der Waals surface area contributed by atoms with Crippen molar-refractivity contribution in [3.63, 3.8) is 0 Å². The molecule has 0 spiro atoms. The molecule has 7 heteroatoms. The van der Waals surface area contributed by atoms with Crippen molar-refractivity contribution in [2.45, 2.75) is 29.1 Å². The summed E-state index contributed by atoms with van der Waals surface area (Å²) in [5.74, 6) is 1.71. The number of fused-ring (bicyclic) bond motifs is 8. The largest absolute Gasteiger partial charge is 2.00 e. The van der Waals surface area contributed by atoms with E-state index in [4.69, 9.17) is 9.97 Å². The number of benzene rings is 6. The predicted molar refractivity (Wildman–Crippen MR) is 226 cm³/mol. The number of hydrogen-bond donors (Lipinski definition) is 0. The molecule has 0 atom stereocenters. The molecule has 56 heavy (non-hydrogen) atoms. The second-order valence-electron chi connectivity index (χ2n) is 14.5. The molecular formula is C49H33N5PtS. The number of pyridine rings is 2. The van der Waals surface area contributed by atoms with Crippen LogP contribution in [0.5, 0.6) is 0 Å². The van der Waals surface area contributed by atoms with Gasteiger partial charge in [-0.05, 0) is 70.4 Å². The molecule has 0 unspecified atom stereocenters. The van der Waals surface area contributed by atoms with Gasteiger partial charge in [0.2, 0.25) is 0 Å². The predicted octanol–water partition coefficient (Wildman–Crippen LogP) is 12.5. The molecule has 0 saturated heterocycles. The molecule has 0 N–H and O–H groups in total. The summed E-state index contributed by atoms with van der Waals surface area (Å²) in [6.07, 6.45) is 3.70. The van der Waals surface area contributed by atoms with Crippen molar-refractivity contribution in [3.8, 4) is 11.6 Å². The molecule has 6 aromatic carbocycles. The molecule has 11 rings (SSSR count). The van der Waals surface area contributed by atoms with Crippen LogP contribution in [-0.2, 0) is 26.5 Å². The van der Waals surface area contributed by atoms with Gasteiger partial charge in [0.15, 0.2) is 0 Å². The quantitative estimate of drug-likeness (QED) is 0.161.